The molecular weight excluding hydrogens is 424 g/mol. The molecule has 2 atom stereocenters. The molecule has 2 aliphatic carbocycles. The second kappa shape index (κ2) is 10.9. The van der Waals surface area contributed by atoms with Crippen molar-refractivity contribution in [2.75, 3.05) is 33.4 Å². The molecule has 0 radical (unpaired) electrons. The van der Waals surface area contributed by atoms with E-state index in [1.807, 2.05) is 36.2 Å². The molecule has 5 rings (SSSR count). The number of hydrogen-bond donors (Lipinski definition) is 1. The summed E-state index contributed by atoms with van der Waals surface area (Å²) >= 11 is 0. The maximum absolute atomic E-state index is 13.1. The summed E-state index contributed by atoms with van der Waals surface area (Å²) in [5, 5.41) is 3.62. The first-order chi connectivity index (χ1) is 16.7. The van der Waals surface area contributed by atoms with E-state index in [0.717, 1.165) is 69.4 Å². The molecule has 5 nitrogen and oxygen atoms in total. The van der Waals surface area contributed by atoms with Gasteiger partial charge in [-0.3, -0.25) is 4.79 Å². The minimum Gasteiger partial charge on any atom is -0.493 e. The average molecular weight is 463 g/mol. The molecule has 0 bridgehead atoms. The van der Waals surface area contributed by atoms with E-state index < -0.39 is 0 Å². The Bertz CT molecular complexity index is 964. The van der Waals surface area contributed by atoms with Crippen molar-refractivity contribution in [1.29, 1.82) is 0 Å². The lowest BCUT2D eigenvalue weighted by molar-refractivity contribution is 0.0547. The maximum atomic E-state index is 13.1. The van der Waals surface area contributed by atoms with Crippen molar-refractivity contribution in [1.82, 2.24) is 10.2 Å². The van der Waals surface area contributed by atoms with Crippen LogP contribution in [0, 0.1) is 11.8 Å². The quantitative estimate of drug-likeness (QED) is 0.591. The summed E-state index contributed by atoms with van der Waals surface area (Å²) in [7, 11) is 1.95. The van der Waals surface area contributed by atoms with Crippen LogP contribution in [0.3, 0.4) is 0 Å². The molecule has 34 heavy (non-hydrogen) atoms. The van der Waals surface area contributed by atoms with Gasteiger partial charge in [-0.1, -0.05) is 18.2 Å². The molecule has 2 aromatic rings. The van der Waals surface area contributed by atoms with Crippen molar-refractivity contribution >= 4 is 5.91 Å². The van der Waals surface area contributed by atoms with Crippen molar-refractivity contribution < 1.29 is 14.3 Å². The summed E-state index contributed by atoms with van der Waals surface area (Å²) in [4.78, 5) is 15.0. The molecule has 1 heterocycles. The lowest BCUT2D eigenvalue weighted by Gasteiger charge is -2.33. The third-order valence-electron chi connectivity index (χ3n) is 7.64. The van der Waals surface area contributed by atoms with Crippen LogP contribution in [0.4, 0.5) is 0 Å². The van der Waals surface area contributed by atoms with Crippen molar-refractivity contribution in [2.24, 2.45) is 11.8 Å². The van der Waals surface area contributed by atoms with Gasteiger partial charge in [0.05, 0.1) is 13.2 Å². The lowest BCUT2D eigenvalue weighted by atomic mass is 9.86. The molecule has 1 unspecified atom stereocenters. The Morgan fingerprint density at radius 2 is 1.91 bits per heavy atom. The second-order valence-electron chi connectivity index (χ2n) is 10.4. The van der Waals surface area contributed by atoms with E-state index in [0.29, 0.717) is 5.92 Å². The van der Waals surface area contributed by atoms with E-state index in [2.05, 4.69) is 23.5 Å². The third-order valence-corrected chi connectivity index (χ3v) is 7.64. The van der Waals surface area contributed by atoms with Gasteiger partial charge >= 0.3 is 0 Å². The predicted octanol–water partition coefficient (Wildman–Crippen LogP) is 4.62. The minimum absolute atomic E-state index is 0.0923. The average Bonchev–Trinajstić information content (AvgIpc) is 3.72. The number of rotatable bonds is 9. The fourth-order valence-electron chi connectivity index (χ4n) is 5.18. The zero-order chi connectivity index (χ0) is 23.3. The number of nitrogens with one attached hydrogen (secondary N) is 1. The van der Waals surface area contributed by atoms with E-state index in [9.17, 15) is 4.79 Å². The first-order valence-electron chi connectivity index (χ1n) is 13.0. The number of hydrogen-bond acceptors (Lipinski definition) is 4. The summed E-state index contributed by atoms with van der Waals surface area (Å²) < 4.78 is 11.4. The highest BCUT2D eigenvalue weighted by atomic mass is 16.5. The monoisotopic (exact) mass is 462 g/mol. The number of likely N-dealkylation sites (N-methyl/N-ethyl adjacent to an activating group) is 1. The van der Waals surface area contributed by atoms with Crippen LogP contribution in [0.15, 0.2) is 42.5 Å². The molecule has 2 fully saturated rings. The van der Waals surface area contributed by atoms with Gasteiger partial charge in [-0.15, -0.1) is 0 Å². The number of amides is 1. The Labute approximate surface area is 203 Å². The number of carbonyl (C=O) groups is 1. The SMILES string of the molecule is CN(C(=O)c1ccc(OCC2CC2)cc1)[C@H]1CCc2cc(CNCC3CCCOC3)ccc2C1. The van der Waals surface area contributed by atoms with Crippen LogP contribution in [0.5, 0.6) is 5.75 Å². The van der Waals surface area contributed by atoms with Crippen molar-refractivity contribution in [3.8, 4) is 5.75 Å². The number of fused-ring (bicyclic) bond motifs is 1. The molecule has 0 spiro atoms. The number of carbonyl (C=O) groups excluding carboxylic acids is 1. The molecular formula is C29H38N2O3. The van der Waals surface area contributed by atoms with Gasteiger partial charge in [-0.05, 0) is 97.7 Å². The molecule has 0 aromatic heterocycles. The summed E-state index contributed by atoms with van der Waals surface area (Å²) in [5.41, 5.74) is 4.90. The van der Waals surface area contributed by atoms with Gasteiger partial charge in [0.15, 0.2) is 0 Å². The van der Waals surface area contributed by atoms with Gasteiger partial charge in [0.25, 0.3) is 5.91 Å². The molecule has 1 aliphatic heterocycles. The Hall–Kier alpha value is -2.37. The zero-order valence-corrected chi connectivity index (χ0v) is 20.4. The van der Waals surface area contributed by atoms with E-state index >= 15 is 0 Å². The fourth-order valence-corrected chi connectivity index (χ4v) is 5.18. The molecule has 1 N–H and O–H groups in total. The summed E-state index contributed by atoms with van der Waals surface area (Å²) in [6.07, 6.45) is 7.96. The van der Waals surface area contributed by atoms with Crippen molar-refractivity contribution in [2.45, 2.75) is 57.5 Å². The minimum atomic E-state index is 0.0923. The largest absolute Gasteiger partial charge is 0.493 e. The van der Waals surface area contributed by atoms with Gasteiger partial charge in [0.1, 0.15) is 5.75 Å². The zero-order valence-electron chi connectivity index (χ0n) is 20.4. The lowest BCUT2D eigenvalue weighted by Crippen LogP contribution is -2.40. The van der Waals surface area contributed by atoms with Gasteiger partial charge in [-0.2, -0.15) is 0 Å². The highest BCUT2D eigenvalue weighted by molar-refractivity contribution is 5.94. The van der Waals surface area contributed by atoms with Crippen LogP contribution >= 0.6 is 0 Å². The molecule has 1 saturated heterocycles. The predicted molar refractivity (Wildman–Crippen MR) is 134 cm³/mol. The van der Waals surface area contributed by atoms with Gasteiger partial charge < -0.3 is 19.7 Å². The van der Waals surface area contributed by atoms with Crippen LogP contribution in [-0.4, -0.2) is 50.3 Å². The summed E-state index contributed by atoms with van der Waals surface area (Å²) in [6, 6.07) is 14.8. The smallest absolute Gasteiger partial charge is 0.253 e. The van der Waals surface area contributed by atoms with Crippen LogP contribution in [0.25, 0.3) is 0 Å². The Kier molecular flexibility index (Phi) is 7.51. The normalized spacial score (nSPS) is 22.1. The molecule has 182 valence electrons. The highest BCUT2D eigenvalue weighted by Crippen LogP contribution is 2.30. The summed E-state index contributed by atoms with van der Waals surface area (Å²) in [6.45, 7) is 4.54. The molecule has 1 saturated carbocycles. The standard InChI is InChI=1S/C29H38N2O3/c1-31(29(32)24-9-12-28(13-10-24)34-20-21-4-5-21)27-11-8-25-15-22(6-7-26(25)16-27)17-30-18-23-3-2-14-33-19-23/h6-7,9-10,12-13,15,21,23,27,30H,2-5,8,11,14,16-20H2,1H3/t23?,27-/m0/s1. The van der Waals surface area contributed by atoms with Crippen LogP contribution in [0.1, 0.15) is 59.2 Å². The highest BCUT2D eigenvalue weighted by Gasteiger charge is 2.26. The van der Waals surface area contributed by atoms with Gasteiger partial charge in [0.2, 0.25) is 0 Å². The Morgan fingerprint density at radius 3 is 2.68 bits per heavy atom. The van der Waals surface area contributed by atoms with Crippen LogP contribution < -0.4 is 10.1 Å². The molecule has 1 amide bonds. The van der Waals surface area contributed by atoms with E-state index in [1.165, 1.54) is 42.4 Å². The number of nitrogens with zero attached hydrogens (tertiary/aromatic N) is 1. The van der Waals surface area contributed by atoms with Crippen molar-refractivity contribution in [3.63, 3.8) is 0 Å². The maximum Gasteiger partial charge on any atom is 0.253 e. The first kappa shape index (κ1) is 23.4. The first-order valence-corrected chi connectivity index (χ1v) is 13.0. The van der Waals surface area contributed by atoms with E-state index in [1.54, 1.807) is 0 Å². The van der Waals surface area contributed by atoms with E-state index in [4.69, 9.17) is 9.47 Å². The third kappa shape index (κ3) is 6.00. The Morgan fingerprint density at radius 1 is 1.06 bits per heavy atom. The summed E-state index contributed by atoms with van der Waals surface area (Å²) in [5.74, 6) is 2.32. The van der Waals surface area contributed by atoms with Crippen LogP contribution in [0.2, 0.25) is 0 Å². The van der Waals surface area contributed by atoms with Crippen LogP contribution in [-0.2, 0) is 24.1 Å². The topological polar surface area (TPSA) is 50.8 Å². The van der Waals surface area contributed by atoms with Gasteiger partial charge in [0, 0.05) is 38.3 Å². The molecule has 5 heteroatoms. The molecule has 3 aliphatic rings. The second-order valence-corrected chi connectivity index (χ2v) is 10.4. The van der Waals surface area contributed by atoms with E-state index in [-0.39, 0.29) is 11.9 Å². The number of aryl methyl sites for hydroxylation is 1. The number of benzene rings is 2. The Balaban J connectivity index is 1.12. The fraction of sp³-hybridized carbons (Fsp3) is 0.552. The van der Waals surface area contributed by atoms with Gasteiger partial charge in [-0.25, -0.2) is 0 Å². The molecule has 2 aromatic carbocycles. The number of ether oxygens (including phenoxy) is 2. The van der Waals surface area contributed by atoms with Crippen molar-refractivity contribution in [3.05, 3.63) is 64.7 Å².